The summed E-state index contributed by atoms with van der Waals surface area (Å²) >= 11 is 0. The third kappa shape index (κ3) is 1.76. The largest absolute Gasteiger partial charge is 0.451 e. The van der Waals surface area contributed by atoms with Crippen LogP contribution in [0.2, 0.25) is 0 Å². The molecule has 1 rings (SSSR count). The molecule has 0 bridgehead atoms. The average Bonchev–Trinajstić information content (AvgIpc) is 2.30. The minimum Gasteiger partial charge on any atom is -0.434 e. The van der Waals surface area contributed by atoms with E-state index >= 15 is 0 Å². The first kappa shape index (κ1) is 9.05. The number of halogens is 3. The van der Waals surface area contributed by atoms with Crippen LogP contribution in [-0.4, -0.2) is 4.98 Å². The van der Waals surface area contributed by atoms with E-state index in [2.05, 4.69) is 9.40 Å². The lowest BCUT2D eigenvalue weighted by molar-refractivity contribution is -0.153. The van der Waals surface area contributed by atoms with Gasteiger partial charge in [0.2, 0.25) is 11.7 Å². The van der Waals surface area contributed by atoms with Crippen LogP contribution in [0.4, 0.5) is 13.2 Å². The summed E-state index contributed by atoms with van der Waals surface area (Å²) < 4.78 is 40.0. The molecule has 3 nitrogen and oxygen atoms in total. The SMILES string of the molecule is C[C@H](N)c1ncc(C(F)(F)F)o1. The summed E-state index contributed by atoms with van der Waals surface area (Å²) in [5.41, 5.74) is 5.25. The van der Waals surface area contributed by atoms with Crippen molar-refractivity contribution in [3.8, 4) is 0 Å². The van der Waals surface area contributed by atoms with Gasteiger partial charge in [0.1, 0.15) is 0 Å². The number of aromatic nitrogens is 1. The van der Waals surface area contributed by atoms with E-state index in [1.54, 1.807) is 0 Å². The molecule has 0 spiro atoms. The monoisotopic (exact) mass is 180 g/mol. The molecule has 0 unspecified atom stereocenters. The first-order chi connectivity index (χ1) is 5.41. The molecule has 0 saturated heterocycles. The zero-order chi connectivity index (χ0) is 9.35. The van der Waals surface area contributed by atoms with Gasteiger partial charge in [0.15, 0.2) is 0 Å². The van der Waals surface area contributed by atoms with E-state index in [4.69, 9.17) is 5.73 Å². The number of oxazole rings is 1. The zero-order valence-corrected chi connectivity index (χ0v) is 6.22. The number of alkyl halides is 3. The Balaban J connectivity index is 2.92. The fraction of sp³-hybridized carbons (Fsp3) is 0.500. The second-order valence-electron chi connectivity index (χ2n) is 2.35. The van der Waals surface area contributed by atoms with Crippen LogP contribution in [0.3, 0.4) is 0 Å². The van der Waals surface area contributed by atoms with Gasteiger partial charge < -0.3 is 10.2 Å². The van der Waals surface area contributed by atoms with E-state index in [9.17, 15) is 13.2 Å². The Labute approximate surface area is 66.4 Å². The molecule has 0 fully saturated rings. The second-order valence-corrected chi connectivity index (χ2v) is 2.35. The van der Waals surface area contributed by atoms with Gasteiger partial charge >= 0.3 is 6.18 Å². The molecule has 68 valence electrons. The summed E-state index contributed by atoms with van der Waals surface area (Å²) in [6.45, 7) is 1.49. The summed E-state index contributed by atoms with van der Waals surface area (Å²) in [5, 5.41) is 0. The minimum absolute atomic E-state index is 0.109. The van der Waals surface area contributed by atoms with E-state index in [0.717, 1.165) is 0 Å². The van der Waals surface area contributed by atoms with Crippen molar-refractivity contribution in [1.82, 2.24) is 4.98 Å². The van der Waals surface area contributed by atoms with Gasteiger partial charge in [-0.15, -0.1) is 0 Å². The Morgan fingerprint density at radius 3 is 2.42 bits per heavy atom. The van der Waals surface area contributed by atoms with Gasteiger partial charge in [-0.2, -0.15) is 13.2 Å². The summed E-state index contributed by atoms with van der Waals surface area (Å²) in [7, 11) is 0. The molecule has 0 aromatic carbocycles. The fourth-order valence-corrected chi connectivity index (χ4v) is 0.629. The van der Waals surface area contributed by atoms with Crippen molar-refractivity contribution in [3.05, 3.63) is 17.8 Å². The lowest BCUT2D eigenvalue weighted by atomic mass is 10.4. The highest BCUT2D eigenvalue weighted by Gasteiger charge is 2.35. The second kappa shape index (κ2) is 2.78. The molecule has 12 heavy (non-hydrogen) atoms. The Morgan fingerprint density at radius 2 is 2.17 bits per heavy atom. The topological polar surface area (TPSA) is 52.0 Å². The molecule has 1 aromatic heterocycles. The van der Waals surface area contributed by atoms with Crippen LogP contribution in [0.1, 0.15) is 24.6 Å². The summed E-state index contributed by atoms with van der Waals surface area (Å²) in [5.74, 6) is -1.22. The first-order valence-electron chi connectivity index (χ1n) is 3.20. The number of hydrogen-bond acceptors (Lipinski definition) is 3. The Hall–Kier alpha value is -1.04. The van der Waals surface area contributed by atoms with Gasteiger partial charge in [0.25, 0.3) is 0 Å². The van der Waals surface area contributed by atoms with E-state index in [1.165, 1.54) is 6.92 Å². The van der Waals surface area contributed by atoms with E-state index in [1.807, 2.05) is 0 Å². The number of nitrogens with two attached hydrogens (primary N) is 1. The maximum absolute atomic E-state index is 11.9. The molecular formula is C6H7F3N2O. The quantitative estimate of drug-likeness (QED) is 0.715. The number of rotatable bonds is 1. The predicted octanol–water partition coefficient (Wildman–Crippen LogP) is 1.71. The lowest BCUT2D eigenvalue weighted by Gasteiger charge is -2.00. The highest BCUT2D eigenvalue weighted by atomic mass is 19.4. The smallest absolute Gasteiger partial charge is 0.434 e. The summed E-state index contributed by atoms with van der Waals surface area (Å²) in [4.78, 5) is 3.37. The van der Waals surface area contributed by atoms with Crippen molar-refractivity contribution in [2.24, 2.45) is 5.73 Å². The molecule has 0 radical (unpaired) electrons. The Kier molecular flexibility index (Phi) is 2.10. The highest BCUT2D eigenvalue weighted by Crippen LogP contribution is 2.30. The average molecular weight is 180 g/mol. The molecular weight excluding hydrogens is 173 g/mol. The van der Waals surface area contributed by atoms with Gasteiger partial charge in [-0.3, -0.25) is 0 Å². The van der Waals surface area contributed by atoms with Crippen molar-refractivity contribution in [2.75, 3.05) is 0 Å². The van der Waals surface area contributed by atoms with E-state index in [-0.39, 0.29) is 5.89 Å². The molecule has 1 heterocycles. The molecule has 2 N–H and O–H groups in total. The molecule has 0 amide bonds. The van der Waals surface area contributed by atoms with Crippen LogP contribution in [0.15, 0.2) is 10.6 Å². The van der Waals surface area contributed by atoms with Crippen LogP contribution in [0.25, 0.3) is 0 Å². The molecule has 6 heteroatoms. The van der Waals surface area contributed by atoms with Crippen molar-refractivity contribution >= 4 is 0 Å². The molecule has 0 saturated carbocycles. The zero-order valence-electron chi connectivity index (χ0n) is 6.22. The molecule has 1 aromatic rings. The van der Waals surface area contributed by atoms with Gasteiger partial charge in [-0.1, -0.05) is 0 Å². The lowest BCUT2D eigenvalue weighted by Crippen LogP contribution is -2.05. The molecule has 1 atom stereocenters. The maximum Gasteiger partial charge on any atom is 0.451 e. The number of nitrogens with zero attached hydrogens (tertiary/aromatic N) is 1. The predicted molar refractivity (Wildman–Crippen MR) is 34.1 cm³/mol. The Morgan fingerprint density at radius 1 is 1.58 bits per heavy atom. The standard InChI is InChI=1S/C6H7F3N2O/c1-3(10)5-11-2-4(12-5)6(7,8)9/h2-3H,10H2,1H3/t3-/m0/s1. The van der Waals surface area contributed by atoms with Gasteiger partial charge in [-0.25, -0.2) is 4.98 Å². The van der Waals surface area contributed by atoms with Crippen molar-refractivity contribution in [1.29, 1.82) is 0 Å². The molecule has 0 aliphatic carbocycles. The van der Waals surface area contributed by atoms with Crippen molar-refractivity contribution in [3.63, 3.8) is 0 Å². The van der Waals surface area contributed by atoms with Gasteiger partial charge in [-0.05, 0) is 6.92 Å². The maximum atomic E-state index is 11.9. The van der Waals surface area contributed by atoms with E-state index < -0.39 is 18.0 Å². The fourth-order valence-electron chi connectivity index (χ4n) is 0.629. The summed E-state index contributed by atoms with van der Waals surface area (Å²) in [6, 6.07) is -0.624. The van der Waals surface area contributed by atoms with Crippen molar-refractivity contribution < 1.29 is 17.6 Å². The number of hydrogen-bond donors (Lipinski definition) is 1. The van der Waals surface area contributed by atoms with Gasteiger partial charge in [0, 0.05) is 0 Å². The third-order valence-corrected chi connectivity index (χ3v) is 1.19. The third-order valence-electron chi connectivity index (χ3n) is 1.19. The first-order valence-corrected chi connectivity index (χ1v) is 3.20. The van der Waals surface area contributed by atoms with Crippen LogP contribution < -0.4 is 5.73 Å². The van der Waals surface area contributed by atoms with Crippen molar-refractivity contribution in [2.45, 2.75) is 19.1 Å². The molecule has 0 aliphatic heterocycles. The summed E-state index contributed by atoms with van der Waals surface area (Å²) in [6.07, 6.45) is -3.86. The van der Waals surface area contributed by atoms with Crippen LogP contribution in [-0.2, 0) is 6.18 Å². The highest BCUT2D eigenvalue weighted by molar-refractivity contribution is 5.00. The molecule has 0 aliphatic rings. The normalized spacial score (nSPS) is 14.8. The Bertz CT molecular complexity index is 266. The van der Waals surface area contributed by atoms with Gasteiger partial charge in [0.05, 0.1) is 12.2 Å². The minimum atomic E-state index is -4.49. The van der Waals surface area contributed by atoms with Crippen LogP contribution >= 0.6 is 0 Å². The van der Waals surface area contributed by atoms with Crippen LogP contribution in [0.5, 0.6) is 0 Å². The van der Waals surface area contributed by atoms with E-state index in [0.29, 0.717) is 6.20 Å². The van der Waals surface area contributed by atoms with Crippen LogP contribution in [0, 0.1) is 0 Å².